The van der Waals surface area contributed by atoms with Gasteiger partial charge in [0, 0.05) is 19.5 Å². The third-order valence-electron chi connectivity index (χ3n) is 2.13. The van der Waals surface area contributed by atoms with Crippen molar-refractivity contribution in [3.63, 3.8) is 0 Å². The quantitative estimate of drug-likeness (QED) is 0.570. The largest absolute Gasteiger partial charge is 1.00 e. The first kappa shape index (κ1) is 13.7. The Labute approximate surface area is 87.7 Å². The van der Waals surface area contributed by atoms with Crippen LogP contribution >= 0.6 is 0 Å². The molecule has 1 aliphatic carbocycles. The van der Waals surface area contributed by atoms with Gasteiger partial charge in [0.1, 0.15) is 0 Å². The van der Waals surface area contributed by atoms with Crippen molar-refractivity contribution in [2.75, 3.05) is 0 Å². The Morgan fingerprint density at radius 2 is 1.60 bits per heavy atom. The Kier molecular flexibility index (Phi) is 11.2. The van der Waals surface area contributed by atoms with E-state index in [4.69, 9.17) is 0 Å². The number of hydrogen-bond acceptors (Lipinski definition) is 0. The summed E-state index contributed by atoms with van der Waals surface area (Å²) in [7, 11) is 0. The van der Waals surface area contributed by atoms with E-state index in [1.165, 1.54) is 38.5 Å². The molecule has 0 bridgehead atoms. The van der Waals surface area contributed by atoms with Crippen LogP contribution in [-0.4, -0.2) is 0 Å². The molecule has 57 valence electrons. The molecule has 0 aromatic heterocycles. The summed E-state index contributed by atoms with van der Waals surface area (Å²) in [4.78, 5) is 0. The maximum absolute atomic E-state index is 3.91. The van der Waals surface area contributed by atoms with Gasteiger partial charge >= 0.3 is 0 Å². The third kappa shape index (κ3) is 4.85. The monoisotopic (exact) mass is 254 g/mol. The minimum Gasteiger partial charge on any atom is -1.00 e. The van der Waals surface area contributed by atoms with Crippen LogP contribution in [0.2, 0.25) is 0 Å². The summed E-state index contributed by atoms with van der Waals surface area (Å²) in [6.45, 7) is 3.91. The Bertz CT molecular complexity index is 60.3. The minimum absolute atomic E-state index is 0. The first-order valence-electron chi connectivity index (χ1n) is 3.72. The van der Waals surface area contributed by atoms with Crippen LogP contribution in [-0.2, 0) is 19.5 Å². The summed E-state index contributed by atoms with van der Waals surface area (Å²) in [5.74, 6) is 0.976. The molecule has 1 radical (unpaired) electrons. The maximum Gasteiger partial charge on any atom is 0 e. The summed E-state index contributed by atoms with van der Waals surface area (Å²) in [6.07, 6.45) is 8.45. The van der Waals surface area contributed by atoms with Gasteiger partial charge < -0.3 is 17.0 Å². The van der Waals surface area contributed by atoms with Crippen LogP contribution in [0.1, 0.15) is 38.5 Å². The topological polar surface area (TPSA) is 0 Å². The number of halogens is 1. The van der Waals surface area contributed by atoms with Crippen molar-refractivity contribution < 1.29 is 36.5 Å². The van der Waals surface area contributed by atoms with Crippen LogP contribution in [0, 0.1) is 12.8 Å². The van der Waals surface area contributed by atoms with Crippen molar-refractivity contribution >= 4 is 0 Å². The second kappa shape index (κ2) is 8.20. The van der Waals surface area contributed by atoms with Gasteiger partial charge in [-0.05, 0) is 5.92 Å². The molecule has 0 saturated heterocycles. The summed E-state index contributed by atoms with van der Waals surface area (Å²) in [5.41, 5.74) is 0. The van der Waals surface area contributed by atoms with Gasteiger partial charge in [-0.3, -0.25) is 0 Å². The van der Waals surface area contributed by atoms with E-state index in [0.717, 1.165) is 5.92 Å². The summed E-state index contributed by atoms with van der Waals surface area (Å²) >= 11 is 0. The predicted molar refractivity (Wildman–Crippen MR) is 36.5 cm³/mol. The Morgan fingerprint density at radius 3 is 1.90 bits per heavy atom. The van der Waals surface area contributed by atoms with Crippen molar-refractivity contribution in [1.82, 2.24) is 0 Å². The van der Waals surface area contributed by atoms with E-state index < -0.39 is 0 Å². The van der Waals surface area contributed by atoms with Crippen molar-refractivity contribution in [2.24, 2.45) is 5.92 Å². The molecule has 1 fully saturated rings. The molecule has 0 amide bonds. The van der Waals surface area contributed by atoms with Gasteiger partial charge in [-0.15, -0.1) is 0 Å². The molecular weight excluding hydrogens is 241 g/mol. The molecule has 2 heteroatoms. The van der Waals surface area contributed by atoms with Crippen LogP contribution in [0.15, 0.2) is 0 Å². The van der Waals surface area contributed by atoms with Crippen LogP contribution in [0.5, 0.6) is 0 Å². The van der Waals surface area contributed by atoms with Gasteiger partial charge in [0.25, 0.3) is 0 Å². The summed E-state index contributed by atoms with van der Waals surface area (Å²) in [5, 5.41) is 0. The molecule has 1 rings (SSSR count). The predicted octanol–water partition coefficient (Wildman–Crippen LogP) is -0.208. The van der Waals surface area contributed by atoms with Crippen LogP contribution < -0.4 is 17.0 Å². The number of hydrogen-bond donors (Lipinski definition) is 0. The van der Waals surface area contributed by atoms with Crippen LogP contribution in [0.3, 0.4) is 0 Å². The molecule has 0 spiro atoms. The van der Waals surface area contributed by atoms with Crippen molar-refractivity contribution in [3.05, 3.63) is 6.92 Å². The Balaban J connectivity index is 0. The zero-order chi connectivity index (χ0) is 5.82. The molecule has 0 nitrogen and oxygen atoms in total. The molecule has 0 atom stereocenters. The van der Waals surface area contributed by atoms with Gasteiger partial charge in [-0.2, -0.15) is 0 Å². The zero-order valence-corrected chi connectivity index (χ0v) is 11.2. The van der Waals surface area contributed by atoms with Gasteiger partial charge in [0.05, 0.1) is 0 Å². The second-order valence-electron chi connectivity index (χ2n) is 2.79. The average Bonchev–Trinajstić information content (AvgIpc) is 1.90. The molecule has 10 heavy (non-hydrogen) atoms. The van der Waals surface area contributed by atoms with Crippen molar-refractivity contribution in [3.8, 4) is 0 Å². The molecule has 0 aromatic rings. The standard InChI is InChI=1S/C8H15.BrH.Zn/c1-2-8-6-4-3-5-7-8;;/h8H,1-7H2;1H;/p-1. The maximum atomic E-state index is 3.91. The second-order valence-corrected chi connectivity index (χ2v) is 2.79. The van der Waals surface area contributed by atoms with E-state index in [0.29, 0.717) is 0 Å². The average molecular weight is 257 g/mol. The van der Waals surface area contributed by atoms with Gasteiger partial charge in [0.2, 0.25) is 0 Å². The Hall–Kier alpha value is 1.10. The fraction of sp³-hybridized carbons (Fsp3) is 0.875. The first-order chi connectivity index (χ1) is 3.93. The molecule has 0 unspecified atom stereocenters. The third-order valence-corrected chi connectivity index (χ3v) is 2.13. The fourth-order valence-electron chi connectivity index (χ4n) is 1.48. The Morgan fingerprint density at radius 1 is 1.10 bits per heavy atom. The molecule has 0 aromatic carbocycles. The van der Waals surface area contributed by atoms with Gasteiger partial charge in [-0.1, -0.05) is 45.4 Å². The summed E-state index contributed by atoms with van der Waals surface area (Å²) in [6, 6.07) is 0. The zero-order valence-electron chi connectivity index (χ0n) is 6.61. The molecule has 0 heterocycles. The number of rotatable bonds is 1. The minimum atomic E-state index is 0. The summed E-state index contributed by atoms with van der Waals surface area (Å²) < 4.78 is 0. The van der Waals surface area contributed by atoms with E-state index in [2.05, 4.69) is 6.92 Å². The first-order valence-corrected chi connectivity index (χ1v) is 3.72. The molecular formula is C8H15BrZn-. The van der Waals surface area contributed by atoms with E-state index in [9.17, 15) is 0 Å². The van der Waals surface area contributed by atoms with E-state index >= 15 is 0 Å². The molecule has 1 saturated carbocycles. The normalized spacial score (nSPS) is 18.9. The van der Waals surface area contributed by atoms with Gasteiger partial charge in [-0.25, -0.2) is 0 Å². The SMILES string of the molecule is [Br-].[CH2]CC1CCCCC1.[Zn]. The molecule has 0 N–H and O–H groups in total. The van der Waals surface area contributed by atoms with Crippen molar-refractivity contribution in [1.29, 1.82) is 0 Å². The van der Waals surface area contributed by atoms with Crippen molar-refractivity contribution in [2.45, 2.75) is 38.5 Å². The van der Waals surface area contributed by atoms with Gasteiger partial charge in [0.15, 0.2) is 0 Å². The van der Waals surface area contributed by atoms with E-state index in [1.807, 2.05) is 0 Å². The van der Waals surface area contributed by atoms with E-state index in [1.54, 1.807) is 0 Å². The van der Waals surface area contributed by atoms with E-state index in [-0.39, 0.29) is 36.5 Å². The fourth-order valence-corrected chi connectivity index (χ4v) is 1.48. The molecule has 0 aliphatic heterocycles. The molecule has 1 aliphatic rings. The smallest absolute Gasteiger partial charge is 0 e. The van der Waals surface area contributed by atoms with Crippen LogP contribution in [0.25, 0.3) is 0 Å². The van der Waals surface area contributed by atoms with Crippen LogP contribution in [0.4, 0.5) is 0 Å².